The van der Waals surface area contributed by atoms with Crippen LogP contribution in [0.1, 0.15) is 25.0 Å². The van der Waals surface area contributed by atoms with Crippen molar-refractivity contribution in [3.05, 3.63) is 77.9 Å². The first kappa shape index (κ1) is 24.8. The Labute approximate surface area is 210 Å². The maximum absolute atomic E-state index is 13.3. The second-order valence-electron chi connectivity index (χ2n) is 8.11. The van der Waals surface area contributed by atoms with Crippen LogP contribution in [0.5, 0.6) is 11.5 Å². The van der Waals surface area contributed by atoms with Crippen molar-refractivity contribution in [3.8, 4) is 11.5 Å². The molecule has 4 rings (SSSR count). The molecule has 1 aliphatic heterocycles. The molecule has 8 heteroatoms. The van der Waals surface area contributed by atoms with Gasteiger partial charge in [-0.25, -0.2) is 0 Å². The van der Waals surface area contributed by atoms with Crippen LogP contribution in [0.15, 0.2) is 66.7 Å². The zero-order valence-electron chi connectivity index (χ0n) is 20.6. The summed E-state index contributed by atoms with van der Waals surface area (Å²) in [7, 11) is 1.68. The van der Waals surface area contributed by atoms with Gasteiger partial charge in [0.15, 0.2) is 11.5 Å². The molecule has 3 aromatic rings. The fourth-order valence-electron chi connectivity index (χ4n) is 4.04. The van der Waals surface area contributed by atoms with Gasteiger partial charge < -0.3 is 30.7 Å². The van der Waals surface area contributed by atoms with Crippen molar-refractivity contribution in [1.82, 2.24) is 0 Å². The van der Waals surface area contributed by atoms with E-state index < -0.39 is 0 Å². The van der Waals surface area contributed by atoms with Crippen LogP contribution in [0.25, 0.3) is 11.3 Å². The standard InChI is InChI=1S/C28H30N4O4/c1-4-35-23-15-21-22(16-24(23)36-5-2)31-28(34)26(21)27(18-9-7-6-8-10-18)30-19-11-13-20(14-12-19)32(3)25(33)17-29/h6-16,30H,4-5,17,29H2,1-3H3,(H,31,34). The average Bonchev–Trinajstić information content (AvgIpc) is 3.22. The molecular weight excluding hydrogens is 456 g/mol. The highest BCUT2D eigenvalue weighted by Gasteiger charge is 2.30. The lowest BCUT2D eigenvalue weighted by molar-refractivity contribution is -0.117. The molecule has 186 valence electrons. The quantitative estimate of drug-likeness (QED) is 0.389. The Morgan fingerprint density at radius 3 is 2.22 bits per heavy atom. The van der Waals surface area contributed by atoms with Crippen molar-refractivity contribution in [3.63, 3.8) is 0 Å². The van der Waals surface area contributed by atoms with Crippen molar-refractivity contribution >= 4 is 40.1 Å². The number of anilines is 3. The molecule has 0 fully saturated rings. The van der Waals surface area contributed by atoms with E-state index in [1.807, 2.05) is 74.5 Å². The predicted octanol–water partition coefficient (Wildman–Crippen LogP) is 4.34. The van der Waals surface area contributed by atoms with Gasteiger partial charge in [-0.15, -0.1) is 0 Å². The number of nitrogens with zero attached hydrogens (tertiary/aromatic N) is 1. The van der Waals surface area contributed by atoms with Gasteiger partial charge in [-0.1, -0.05) is 30.3 Å². The number of ether oxygens (including phenoxy) is 2. The number of rotatable bonds is 9. The third-order valence-corrected chi connectivity index (χ3v) is 5.81. The van der Waals surface area contributed by atoms with Crippen LogP contribution in [0, 0.1) is 0 Å². The van der Waals surface area contributed by atoms with E-state index in [1.54, 1.807) is 13.1 Å². The van der Waals surface area contributed by atoms with E-state index in [0.29, 0.717) is 41.7 Å². The number of hydrogen-bond acceptors (Lipinski definition) is 6. The summed E-state index contributed by atoms with van der Waals surface area (Å²) in [5.74, 6) is 0.757. The van der Waals surface area contributed by atoms with Gasteiger partial charge in [0, 0.05) is 30.1 Å². The molecule has 0 aromatic heterocycles. The molecule has 1 heterocycles. The van der Waals surface area contributed by atoms with Gasteiger partial charge in [0.1, 0.15) is 0 Å². The smallest absolute Gasteiger partial charge is 0.258 e. The van der Waals surface area contributed by atoms with E-state index in [2.05, 4.69) is 10.6 Å². The number of carbonyl (C=O) groups is 2. The molecule has 0 saturated carbocycles. The first-order chi connectivity index (χ1) is 17.5. The monoisotopic (exact) mass is 486 g/mol. The Morgan fingerprint density at radius 1 is 0.972 bits per heavy atom. The van der Waals surface area contributed by atoms with Gasteiger partial charge in [0.05, 0.1) is 36.7 Å². The molecule has 3 aromatic carbocycles. The Balaban J connectivity index is 1.80. The number of nitrogens with two attached hydrogens (primary N) is 1. The highest BCUT2D eigenvalue weighted by atomic mass is 16.5. The average molecular weight is 487 g/mol. The van der Waals surface area contributed by atoms with Crippen LogP contribution in [-0.4, -0.2) is 38.6 Å². The first-order valence-electron chi connectivity index (χ1n) is 11.9. The van der Waals surface area contributed by atoms with Crippen molar-refractivity contribution in [1.29, 1.82) is 0 Å². The van der Waals surface area contributed by atoms with E-state index in [1.165, 1.54) is 4.90 Å². The Bertz CT molecular complexity index is 1290. The van der Waals surface area contributed by atoms with E-state index in [-0.39, 0.29) is 18.4 Å². The minimum absolute atomic E-state index is 0.0655. The van der Waals surface area contributed by atoms with E-state index in [4.69, 9.17) is 15.2 Å². The van der Waals surface area contributed by atoms with Crippen molar-refractivity contribution < 1.29 is 19.1 Å². The van der Waals surface area contributed by atoms with Crippen LogP contribution in [0.4, 0.5) is 17.1 Å². The van der Waals surface area contributed by atoms with E-state index in [0.717, 1.165) is 22.5 Å². The van der Waals surface area contributed by atoms with Gasteiger partial charge in [-0.2, -0.15) is 0 Å². The topological polar surface area (TPSA) is 106 Å². The van der Waals surface area contributed by atoms with Crippen LogP contribution in [-0.2, 0) is 9.59 Å². The molecule has 2 amide bonds. The van der Waals surface area contributed by atoms with Gasteiger partial charge >= 0.3 is 0 Å². The maximum Gasteiger partial charge on any atom is 0.258 e. The zero-order valence-corrected chi connectivity index (χ0v) is 20.6. The summed E-state index contributed by atoms with van der Waals surface area (Å²) in [5, 5.41) is 6.39. The molecule has 8 nitrogen and oxygen atoms in total. The van der Waals surface area contributed by atoms with Crippen LogP contribution in [0.2, 0.25) is 0 Å². The molecule has 36 heavy (non-hydrogen) atoms. The number of likely N-dealkylation sites (N-methyl/N-ethyl adjacent to an activating group) is 1. The van der Waals surface area contributed by atoms with Gasteiger partial charge in [0.25, 0.3) is 5.91 Å². The largest absolute Gasteiger partial charge is 0.490 e. The predicted molar refractivity (Wildman–Crippen MR) is 143 cm³/mol. The van der Waals surface area contributed by atoms with Crippen molar-refractivity contribution in [2.75, 3.05) is 42.3 Å². The molecule has 0 aliphatic carbocycles. The summed E-state index contributed by atoms with van der Waals surface area (Å²) in [6, 6.07) is 20.7. The molecular formula is C28H30N4O4. The number of fused-ring (bicyclic) bond motifs is 1. The highest BCUT2D eigenvalue weighted by Crippen LogP contribution is 2.43. The summed E-state index contributed by atoms with van der Waals surface area (Å²) in [6.07, 6.45) is 0. The Kier molecular flexibility index (Phi) is 7.56. The van der Waals surface area contributed by atoms with Crippen molar-refractivity contribution in [2.24, 2.45) is 5.73 Å². The molecule has 0 spiro atoms. The summed E-state index contributed by atoms with van der Waals surface area (Å²) in [6.45, 7) is 4.69. The summed E-state index contributed by atoms with van der Waals surface area (Å²) < 4.78 is 11.6. The molecule has 4 N–H and O–H groups in total. The highest BCUT2D eigenvalue weighted by molar-refractivity contribution is 6.37. The molecule has 1 aliphatic rings. The Hall–Kier alpha value is -4.30. The maximum atomic E-state index is 13.3. The fraction of sp³-hybridized carbons (Fsp3) is 0.214. The zero-order chi connectivity index (χ0) is 25.7. The second-order valence-corrected chi connectivity index (χ2v) is 8.11. The van der Waals surface area contributed by atoms with Crippen LogP contribution in [0.3, 0.4) is 0 Å². The SMILES string of the molecule is CCOc1cc2c(cc1OCC)C(=C(Nc1ccc(N(C)C(=O)CN)cc1)c1ccccc1)C(=O)N2. The molecule has 0 radical (unpaired) electrons. The number of carbonyl (C=O) groups excluding carboxylic acids is 2. The third kappa shape index (κ3) is 5.04. The normalized spacial score (nSPS) is 13.5. The van der Waals surface area contributed by atoms with Crippen LogP contribution < -0.4 is 30.7 Å². The molecule has 0 bridgehead atoms. The molecule has 0 saturated heterocycles. The summed E-state index contributed by atoms with van der Waals surface area (Å²) >= 11 is 0. The minimum atomic E-state index is -0.225. The lowest BCUT2D eigenvalue weighted by atomic mass is 9.99. The number of nitrogens with one attached hydrogen (secondary N) is 2. The third-order valence-electron chi connectivity index (χ3n) is 5.81. The number of amides is 2. The van der Waals surface area contributed by atoms with E-state index >= 15 is 0 Å². The second kappa shape index (κ2) is 11.0. The van der Waals surface area contributed by atoms with Gasteiger partial charge in [-0.05, 0) is 49.7 Å². The molecule has 0 atom stereocenters. The summed E-state index contributed by atoms with van der Waals surface area (Å²) in [4.78, 5) is 26.7. The van der Waals surface area contributed by atoms with Gasteiger partial charge in [-0.3, -0.25) is 9.59 Å². The number of benzene rings is 3. The van der Waals surface area contributed by atoms with Crippen LogP contribution >= 0.6 is 0 Å². The molecule has 0 unspecified atom stereocenters. The summed E-state index contributed by atoms with van der Waals surface area (Å²) in [5.41, 5.74) is 10.4. The fourth-order valence-corrected chi connectivity index (χ4v) is 4.04. The lowest BCUT2D eigenvalue weighted by Crippen LogP contribution is -2.32. The minimum Gasteiger partial charge on any atom is -0.490 e. The number of hydrogen-bond donors (Lipinski definition) is 3. The van der Waals surface area contributed by atoms with Crippen molar-refractivity contribution in [2.45, 2.75) is 13.8 Å². The van der Waals surface area contributed by atoms with Gasteiger partial charge in [0.2, 0.25) is 5.91 Å². The first-order valence-corrected chi connectivity index (χ1v) is 11.9. The van der Waals surface area contributed by atoms with E-state index in [9.17, 15) is 9.59 Å². The Morgan fingerprint density at radius 2 is 1.61 bits per heavy atom. The lowest BCUT2D eigenvalue weighted by Gasteiger charge is -2.18.